The summed E-state index contributed by atoms with van der Waals surface area (Å²) in [6.45, 7) is 8.64. The summed E-state index contributed by atoms with van der Waals surface area (Å²) in [4.78, 5) is 45.6. The predicted molar refractivity (Wildman–Crippen MR) is 147 cm³/mol. The lowest BCUT2D eigenvalue weighted by molar-refractivity contribution is -0.123. The molecule has 1 saturated heterocycles. The summed E-state index contributed by atoms with van der Waals surface area (Å²) in [5, 5.41) is 1.17. The van der Waals surface area contributed by atoms with Gasteiger partial charge < -0.3 is 4.98 Å². The third-order valence-electron chi connectivity index (χ3n) is 9.15. The van der Waals surface area contributed by atoms with E-state index in [0.717, 1.165) is 21.9 Å². The lowest BCUT2D eigenvalue weighted by Crippen LogP contribution is -2.42. The number of hydrogen-bond acceptors (Lipinski definition) is 5. The van der Waals surface area contributed by atoms with Crippen molar-refractivity contribution >= 4 is 40.6 Å². The molecule has 7 atom stereocenters. The number of aromatic amines is 1. The number of amides is 2. The molecule has 3 heterocycles. The smallest absolute Gasteiger partial charge is 0.305 e. The third-order valence-corrected chi connectivity index (χ3v) is 11.7. The second-order valence-electron chi connectivity index (χ2n) is 12.2. The van der Waals surface area contributed by atoms with Gasteiger partial charge in [-0.2, -0.15) is 0 Å². The first-order chi connectivity index (χ1) is 17.6. The summed E-state index contributed by atoms with van der Waals surface area (Å²) in [7, 11) is 0. The first kappa shape index (κ1) is 23.5. The number of imide groups is 1. The average molecular weight is 531 g/mol. The van der Waals surface area contributed by atoms with E-state index in [4.69, 9.17) is 0 Å². The minimum Gasteiger partial charge on any atom is -0.307 e. The number of thioether (sulfide) groups is 1. The van der Waals surface area contributed by atoms with Crippen molar-refractivity contribution < 1.29 is 9.59 Å². The van der Waals surface area contributed by atoms with Crippen LogP contribution in [-0.2, 0) is 15.0 Å². The Morgan fingerprint density at radius 3 is 2.19 bits per heavy atom. The lowest BCUT2D eigenvalue weighted by Gasteiger charge is -2.43. The van der Waals surface area contributed by atoms with E-state index in [-0.39, 0.29) is 62.9 Å². The molecule has 1 N–H and O–H groups in total. The number of H-pyrrole nitrogens is 1. The molecule has 5 nitrogen and oxygen atoms in total. The molecule has 0 unspecified atom stereocenters. The Morgan fingerprint density at radius 1 is 0.892 bits per heavy atom. The van der Waals surface area contributed by atoms with Crippen molar-refractivity contribution in [3.63, 3.8) is 0 Å². The van der Waals surface area contributed by atoms with Crippen LogP contribution in [0.15, 0.2) is 58.4 Å². The third kappa shape index (κ3) is 3.32. The van der Waals surface area contributed by atoms with Crippen molar-refractivity contribution in [2.75, 3.05) is 4.90 Å². The summed E-state index contributed by atoms with van der Waals surface area (Å²) in [6, 6.07) is 16.5. The number of rotatable bonds is 2. The molecule has 2 aliphatic carbocycles. The van der Waals surface area contributed by atoms with Crippen LogP contribution in [0.25, 0.3) is 0 Å². The van der Waals surface area contributed by atoms with Gasteiger partial charge in [0.1, 0.15) is 0 Å². The molecule has 2 saturated carbocycles. The van der Waals surface area contributed by atoms with Crippen LogP contribution in [0, 0.1) is 36.5 Å². The molecule has 3 fully saturated rings. The Labute approximate surface area is 224 Å². The zero-order valence-electron chi connectivity index (χ0n) is 21.4. The average Bonchev–Trinajstić information content (AvgIpc) is 3.58. The first-order valence-corrected chi connectivity index (χ1v) is 14.8. The minimum atomic E-state index is -0.269. The molecule has 2 amide bonds. The molecular weight excluding hydrogens is 500 g/mol. The number of anilines is 1. The molecular formula is C30H30N2O3S2. The van der Waals surface area contributed by atoms with Gasteiger partial charge in [-0.15, -0.1) is 11.8 Å². The highest BCUT2D eigenvalue weighted by Gasteiger charge is 2.69. The Balaban J connectivity index is 1.30. The van der Waals surface area contributed by atoms with Crippen LogP contribution < -0.4 is 9.77 Å². The van der Waals surface area contributed by atoms with E-state index in [1.807, 2.05) is 31.2 Å². The molecule has 0 spiro atoms. The summed E-state index contributed by atoms with van der Waals surface area (Å²) in [5.41, 5.74) is 4.33. The SMILES string of the molecule is Cc1ccc(N2C(=O)[C@@H]3[C@H]4C[C@@H]([C@@H]3C2=O)[C@@H]2[C@@H](c3ccc(C(C)(C)C)cc3)c3sc(=O)[nH]c3S[C@H]42)cc1. The molecule has 2 bridgehead atoms. The van der Waals surface area contributed by atoms with E-state index >= 15 is 0 Å². The van der Waals surface area contributed by atoms with E-state index in [1.54, 1.807) is 11.8 Å². The number of nitrogens with one attached hydrogen (secondary N) is 1. The maximum absolute atomic E-state index is 13.8. The van der Waals surface area contributed by atoms with Gasteiger partial charge in [-0.05, 0) is 59.8 Å². The van der Waals surface area contributed by atoms with E-state index in [1.165, 1.54) is 27.4 Å². The zero-order valence-corrected chi connectivity index (χ0v) is 23.0. The zero-order chi connectivity index (χ0) is 25.8. The molecule has 190 valence electrons. The fourth-order valence-corrected chi connectivity index (χ4v) is 10.4. The fraction of sp³-hybridized carbons (Fsp3) is 0.433. The maximum atomic E-state index is 13.8. The van der Waals surface area contributed by atoms with Crippen LogP contribution in [0.4, 0.5) is 5.69 Å². The van der Waals surface area contributed by atoms with Crippen molar-refractivity contribution in [3.05, 3.63) is 79.8 Å². The van der Waals surface area contributed by atoms with Gasteiger partial charge in [-0.1, -0.05) is 74.1 Å². The van der Waals surface area contributed by atoms with E-state index in [9.17, 15) is 14.4 Å². The summed E-state index contributed by atoms with van der Waals surface area (Å²) >= 11 is 3.05. The second-order valence-corrected chi connectivity index (χ2v) is 14.4. The van der Waals surface area contributed by atoms with Gasteiger partial charge in [0, 0.05) is 16.0 Å². The fourth-order valence-electron chi connectivity index (χ4n) is 7.53. The normalized spacial score (nSPS) is 32.0. The number of nitrogens with zero attached hydrogens (tertiary/aromatic N) is 1. The second kappa shape index (κ2) is 7.93. The van der Waals surface area contributed by atoms with Gasteiger partial charge in [0.05, 0.1) is 22.5 Å². The molecule has 7 rings (SSSR count). The van der Waals surface area contributed by atoms with Crippen molar-refractivity contribution in [2.45, 2.75) is 55.7 Å². The largest absolute Gasteiger partial charge is 0.307 e. The maximum Gasteiger partial charge on any atom is 0.305 e. The van der Waals surface area contributed by atoms with Gasteiger partial charge in [0.15, 0.2) is 0 Å². The molecule has 37 heavy (non-hydrogen) atoms. The summed E-state index contributed by atoms with van der Waals surface area (Å²) in [5.74, 6) is -0.0397. The monoisotopic (exact) mass is 530 g/mol. The molecule has 2 aromatic carbocycles. The molecule has 4 aliphatic rings. The number of carbonyl (C=O) groups excluding carboxylic acids is 2. The van der Waals surface area contributed by atoms with Gasteiger partial charge >= 0.3 is 4.87 Å². The standard InChI is InChI=1S/C30H30N2O3S2/c1-14-5-11-17(12-6-14)32-27(33)22-18-13-19(23(22)28(32)34)24-21(18)20(25-26(36-24)31-29(35)37-25)15-7-9-16(10-8-15)30(2,3)4/h5-12,18-24H,13H2,1-4H3,(H,31,35)/t18-,19-,20-,21-,22+,23-,24-/m1/s1. The van der Waals surface area contributed by atoms with Crippen LogP contribution >= 0.6 is 23.1 Å². The van der Waals surface area contributed by atoms with Crippen LogP contribution in [0.3, 0.4) is 0 Å². The Bertz CT molecular complexity index is 1480. The van der Waals surface area contributed by atoms with Gasteiger partial charge in [0.25, 0.3) is 0 Å². The number of aromatic nitrogens is 1. The summed E-state index contributed by atoms with van der Waals surface area (Å²) < 4.78 is 0. The van der Waals surface area contributed by atoms with Crippen LogP contribution in [0.5, 0.6) is 0 Å². The van der Waals surface area contributed by atoms with E-state index < -0.39 is 0 Å². The van der Waals surface area contributed by atoms with E-state index in [0.29, 0.717) is 5.69 Å². The van der Waals surface area contributed by atoms with E-state index in [2.05, 4.69) is 50.0 Å². The number of thiazole rings is 1. The highest BCUT2D eigenvalue weighted by atomic mass is 32.2. The van der Waals surface area contributed by atoms with Crippen LogP contribution in [0.1, 0.15) is 54.7 Å². The molecule has 0 radical (unpaired) electrons. The van der Waals surface area contributed by atoms with Crippen molar-refractivity contribution in [3.8, 4) is 0 Å². The van der Waals surface area contributed by atoms with Crippen molar-refractivity contribution in [2.24, 2.45) is 29.6 Å². The van der Waals surface area contributed by atoms with Gasteiger partial charge in [-0.25, -0.2) is 0 Å². The highest BCUT2D eigenvalue weighted by molar-refractivity contribution is 8.00. The molecule has 3 aromatic rings. The molecule has 2 aliphatic heterocycles. The predicted octanol–water partition coefficient (Wildman–Crippen LogP) is 5.72. The number of carbonyl (C=O) groups is 2. The van der Waals surface area contributed by atoms with Gasteiger partial charge in [-0.3, -0.25) is 19.3 Å². The quantitative estimate of drug-likeness (QED) is 0.430. The topological polar surface area (TPSA) is 70.2 Å². The number of fused-ring (bicyclic) bond motifs is 9. The first-order valence-electron chi connectivity index (χ1n) is 13.1. The van der Waals surface area contributed by atoms with Crippen molar-refractivity contribution in [1.82, 2.24) is 4.98 Å². The summed E-state index contributed by atoms with van der Waals surface area (Å²) in [6.07, 6.45) is 0.909. The van der Waals surface area contributed by atoms with Gasteiger partial charge in [0.2, 0.25) is 11.8 Å². The highest BCUT2D eigenvalue weighted by Crippen LogP contribution is 2.68. The Morgan fingerprint density at radius 2 is 1.54 bits per heavy atom. The Hall–Kier alpha value is -2.64. The van der Waals surface area contributed by atoms with Crippen LogP contribution in [0.2, 0.25) is 0 Å². The Kier molecular flexibility index (Phi) is 5.03. The number of benzene rings is 2. The number of aryl methyl sites for hydroxylation is 1. The minimum absolute atomic E-state index is 0.0287. The lowest BCUT2D eigenvalue weighted by atomic mass is 9.68. The van der Waals surface area contributed by atoms with Crippen LogP contribution in [-0.4, -0.2) is 22.0 Å². The molecule has 1 aromatic heterocycles. The molecule has 7 heteroatoms. The van der Waals surface area contributed by atoms with Crippen molar-refractivity contribution in [1.29, 1.82) is 0 Å². The number of hydrogen-bond donors (Lipinski definition) is 1.